The lowest BCUT2D eigenvalue weighted by molar-refractivity contribution is -0.127. The van der Waals surface area contributed by atoms with Crippen molar-refractivity contribution < 1.29 is 9.53 Å². The fraction of sp³-hybridized carbons (Fsp3) is 0.833. The van der Waals surface area contributed by atoms with Crippen molar-refractivity contribution in [2.24, 2.45) is 5.92 Å². The molecule has 4 rings (SSSR count). The van der Waals surface area contributed by atoms with Crippen molar-refractivity contribution >= 4 is 5.91 Å². The second-order valence-corrected chi connectivity index (χ2v) is 7.74. The third-order valence-corrected chi connectivity index (χ3v) is 6.24. The average Bonchev–Trinajstić information content (AvgIpc) is 3.15. The molecule has 1 unspecified atom stereocenters. The number of nitrogens with zero attached hydrogens (tertiary/aromatic N) is 4. The normalized spacial score (nSPS) is 26.8. The zero-order chi connectivity index (χ0) is 17.1. The molecule has 0 aromatic carbocycles. The minimum atomic E-state index is 0.0294. The van der Waals surface area contributed by atoms with Crippen LogP contribution < -0.4 is 5.32 Å². The molecule has 4 heterocycles. The summed E-state index contributed by atoms with van der Waals surface area (Å²) in [6.07, 6.45) is 9.36. The zero-order valence-electron chi connectivity index (χ0n) is 15.0. The molecule has 0 aliphatic carbocycles. The molecule has 2 fully saturated rings. The van der Waals surface area contributed by atoms with Gasteiger partial charge in [0.1, 0.15) is 12.2 Å². The van der Waals surface area contributed by atoms with Gasteiger partial charge in [-0.2, -0.15) is 0 Å². The molecule has 1 aromatic rings. The van der Waals surface area contributed by atoms with E-state index in [-0.39, 0.29) is 17.4 Å². The molecule has 1 atom stereocenters. The van der Waals surface area contributed by atoms with Crippen LogP contribution in [0.4, 0.5) is 0 Å². The summed E-state index contributed by atoms with van der Waals surface area (Å²) in [7, 11) is 0. The van der Waals surface area contributed by atoms with Gasteiger partial charge in [-0.05, 0) is 45.2 Å². The van der Waals surface area contributed by atoms with Crippen LogP contribution in [0.15, 0.2) is 6.33 Å². The summed E-state index contributed by atoms with van der Waals surface area (Å²) in [5.74, 6) is 1.21. The summed E-state index contributed by atoms with van der Waals surface area (Å²) in [4.78, 5) is 15.4. The quantitative estimate of drug-likeness (QED) is 0.879. The Morgan fingerprint density at radius 2 is 2.08 bits per heavy atom. The third-order valence-electron chi connectivity index (χ3n) is 6.24. The SMILES string of the molecule is O=C(NCC1(N2CCCCC2)CCOCC1)C1CCc2nncn2C1. The minimum absolute atomic E-state index is 0.0294. The number of nitrogens with one attached hydrogen (secondary N) is 1. The van der Waals surface area contributed by atoms with Crippen molar-refractivity contribution in [2.75, 3.05) is 32.8 Å². The standard InChI is InChI=1S/C18H29N5O2/c24-17(15-4-5-16-21-20-14-22(16)12-15)19-13-18(6-10-25-11-7-18)23-8-2-1-3-9-23/h14-15H,1-13H2,(H,19,24). The number of hydrogen-bond acceptors (Lipinski definition) is 5. The Hall–Kier alpha value is -1.47. The van der Waals surface area contributed by atoms with Crippen molar-refractivity contribution in [2.45, 2.75) is 57.0 Å². The van der Waals surface area contributed by atoms with E-state index in [2.05, 4.69) is 20.4 Å². The van der Waals surface area contributed by atoms with Crippen LogP contribution in [0.1, 0.15) is 44.3 Å². The Labute approximate surface area is 149 Å². The van der Waals surface area contributed by atoms with Crippen LogP contribution in [0, 0.1) is 5.92 Å². The molecular weight excluding hydrogens is 318 g/mol. The molecule has 3 aliphatic rings. The number of fused-ring (bicyclic) bond motifs is 1. The number of aryl methyl sites for hydroxylation is 1. The fourth-order valence-corrected chi connectivity index (χ4v) is 4.59. The van der Waals surface area contributed by atoms with Crippen molar-refractivity contribution in [3.8, 4) is 0 Å². The fourth-order valence-electron chi connectivity index (χ4n) is 4.59. The molecule has 138 valence electrons. The van der Waals surface area contributed by atoms with Gasteiger partial charge >= 0.3 is 0 Å². The van der Waals surface area contributed by atoms with Gasteiger partial charge in [0.05, 0.1) is 5.92 Å². The molecule has 25 heavy (non-hydrogen) atoms. The average molecular weight is 347 g/mol. The smallest absolute Gasteiger partial charge is 0.224 e. The molecule has 1 N–H and O–H groups in total. The summed E-state index contributed by atoms with van der Waals surface area (Å²) in [5.41, 5.74) is 0.0880. The Morgan fingerprint density at radius 1 is 1.28 bits per heavy atom. The lowest BCUT2D eigenvalue weighted by Crippen LogP contribution is -2.60. The van der Waals surface area contributed by atoms with E-state index in [9.17, 15) is 4.79 Å². The van der Waals surface area contributed by atoms with Gasteiger partial charge < -0.3 is 14.6 Å². The summed E-state index contributed by atoms with van der Waals surface area (Å²) in [5, 5.41) is 11.3. The Kier molecular flexibility index (Phi) is 5.03. The predicted molar refractivity (Wildman–Crippen MR) is 93.1 cm³/mol. The Morgan fingerprint density at radius 3 is 2.88 bits per heavy atom. The first-order chi connectivity index (χ1) is 12.3. The van der Waals surface area contributed by atoms with Crippen molar-refractivity contribution in [1.29, 1.82) is 0 Å². The zero-order valence-corrected chi connectivity index (χ0v) is 15.0. The summed E-state index contributed by atoms with van der Waals surface area (Å²) < 4.78 is 7.63. The molecule has 1 amide bonds. The van der Waals surface area contributed by atoms with Crippen LogP contribution in [0.5, 0.6) is 0 Å². The van der Waals surface area contributed by atoms with Gasteiger partial charge in [-0.3, -0.25) is 9.69 Å². The number of amides is 1. The molecule has 1 aromatic heterocycles. The van der Waals surface area contributed by atoms with Crippen LogP contribution in [0.25, 0.3) is 0 Å². The number of hydrogen-bond donors (Lipinski definition) is 1. The van der Waals surface area contributed by atoms with Gasteiger partial charge in [0.25, 0.3) is 0 Å². The van der Waals surface area contributed by atoms with E-state index in [1.165, 1.54) is 19.3 Å². The highest BCUT2D eigenvalue weighted by Crippen LogP contribution is 2.30. The monoisotopic (exact) mass is 347 g/mol. The lowest BCUT2D eigenvalue weighted by Gasteiger charge is -2.48. The first-order valence-corrected chi connectivity index (χ1v) is 9.74. The van der Waals surface area contributed by atoms with Crippen LogP contribution in [0.3, 0.4) is 0 Å². The van der Waals surface area contributed by atoms with Gasteiger partial charge in [0.15, 0.2) is 0 Å². The number of carbonyl (C=O) groups is 1. The predicted octanol–water partition coefficient (Wildman–Crippen LogP) is 0.992. The minimum Gasteiger partial charge on any atom is -0.381 e. The number of rotatable bonds is 4. The van der Waals surface area contributed by atoms with Gasteiger partial charge in [-0.25, -0.2) is 0 Å². The van der Waals surface area contributed by atoms with Gasteiger partial charge in [0.2, 0.25) is 5.91 Å². The highest BCUT2D eigenvalue weighted by molar-refractivity contribution is 5.78. The van der Waals surface area contributed by atoms with Crippen molar-refractivity contribution in [1.82, 2.24) is 25.0 Å². The highest BCUT2D eigenvalue weighted by atomic mass is 16.5. The molecular formula is C18H29N5O2. The maximum Gasteiger partial charge on any atom is 0.224 e. The number of aromatic nitrogens is 3. The topological polar surface area (TPSA) is 72.3 Å². The molecule has 2 saturated heterocycles. The second kappa shape index (κ2) is 7.41. The first kappa shape index (κ1) is 17.0. The highest BCUT2D eigenvalue weighted by Gasteiger charge is 2.39. The van der Waals surface area contributed by atoms with Crippen LogP contribution in [0.2, 0.25) is 0 Å². The molecule has 0 radical (unpaired) electrons. The van der Waals surface area contributed by atoms with E-state index in [1.54, 1.807) is 6.33 Å². The van der Waals surface area contributed by atoms with E-state index in [1.807, 2.05) is 4.57 Å². The van der Waals surface area contributed by atoms with Crippen LogP contribution >= 0.6 is 0 Å². The second-order valence-electron chi connectivity index (χ2n) is 7.74. The van der Waals surface area contributed by atoms with E-state index in [4.69, 9.17) is 4.74 Å². The third kappa shape index (κ3) is 3.58. The van der Waals surface area contributed by atoms with Crippen molar-refractivity contribution in [3.63, 3.8) is 0 Å². The summed E-state index contributed by atoms with van der Waals surface area (Å²) in [6, 6.07) is 0. The summed E-state index contributed by atoms with van der Waals surface area (Å²) in [6.45, 7) is 5.38. The van der Waals surface area contributed by atoms with E-state index < -0.39 is 0 Å². The first-order valence-electron chi connectivity index (χ1n) is 9.74. The molecule has 3 aliphatic heterocycles. The Bertz CT molecular complexity index is 590. The largest absolute Gasteiger partial charge is 0.381 e. The van der Waals surface area contributed by atoms with Crippen LogP contribution in [-0.4, -0.2) is 64.0 Å². The maximum absolute atomic E-state index is 12.8. The molecule has 7 nitrogen and oxygen atoms in total. The lowest BCUT2D eigenvalue weighted by atomic mass is 9.85. The van der Waals surface area contributed by atoms with Crippen LogP contribution in [-0.2, 0) is 22.5 Å². The van der Waals surface area contributed by atoms with Crippen molar-refractivity contribution in [3.05, 3.63) is 12.2 Å². The molecule has 7 heteroatoms. The summed E-state index contributed by atoms with van der Waals surface area (Å²) >= 11 is 0. The van der Waals surface area contributed by atoms with Gasteiger partial charge in [-0.15, -0.1) is 10.2 Å². The number of ether oxygens (including phenoxy) is 1. The van der Waals surface area contributed by atoms with E-state index >= 15 is 0 Å². The Balaban J connectivity index is 1.38. The number of carbonyl (C=O) groups excluding carboxylic acids is 1. The van der Waals surface area contributed by atoms with E-state index in [0.29, 0.717) is 6.54 Å². The molecule has 0 spiro atoms. The molecule has 0 saturated carbocycles. The van der Waals surface area contributed by atoms with Gasteiger partial charge in [-0.1, -0.05) is 6.42 Å². The maximum atomic E-state index is 12.8. The number of piperidine rings is 1. The number of likely N-dealkylation sites (tertiary alicyclic amines) is 1. The van der Waals surface area contributed by atoms with Gasteiger partial charge in [0, 0.05) is 38.3 Å². The van der Waals surface area contributed by atoms with E-state index in [0.717, 1.165) is 64.4 Å². The molecule has 0 bridgehead atoms.